The molecular weight excluding hydrogens is 534 g/mol. The van der Waals surface area contributed by atoms with Crippen molar-refractivity contribution in [3.8, 4) is 0 Å². The highest BCUT2D eigenvalue weighted by molar-refractivity contribution is 14.1. The first-order valence-corrected chi connectivity index (χ1v) is 7.72. The van der Waals surface area contributed by atoms with Crippen LogP contribution in [-0.4, -0.2) is 47.5 Å². The molecule has 1 N–H and O–H groups in total. The number of halogens is 14. The predicted octanol–water partition coefficient (Wildman–Crippen LogP) is 6.21. The van der Waals surface area contributed by atoms with Crippen LogP contribution in [-0.2, 0) is 0 Å². The Kier molecular flexibility index (Phi) is 7.96. The minimum Gasteiger partial charge on any atom is -0.396 e. The number of alkyl halides is 13. The van der Waals surface area contributed by atoms with Crippen molar-refractivity contribution < 1.29 is 62.2 Å². The molecule has 1 nitrogen and oxygen atoms in total. The smallest absolute Gasteiger partial charge is 0.396 e. The molecule has 0 amide bonds. The molecule has 0 aromatic rings. The first kappa shape index (κ1) is 26.5. The Bertz CT molecular complexity index is 538. The van der Waals surface area contributed by atoms with E-state index in [0.29, 0.717) is 0 Å². The monoisotopic (exact) mass is 544 g/mol. The van der Waals surface area contributed by atoms with Gasteiger partial charge in [0.2, 0.25) is 0 Å². The number of hydrogen-bond donors (Lipinski definition) is 1. The highest BCUT2D eigenvalue weighted by Crippen LogP contribution is 2.60. The molecule has 0 aliphatic carbocycles. The van der Waals surface area contributed by atoms with Crippen molar-refractivity contribution in [2.24, 2.45) is 0 Å². The molecule has 0 saturated heterocycles. The van der Waals surface area contributed by atoms with Crippen LogP contribution in [0.1, 0.15) is 19.3 Å². The number of aliphatic hydroxyl groups excluding tert-OH is 1. The van der Waals surface area contributed by atoms with Crippen molar-refractivity contribution in [2.75, 3.05) is 6.61 Å². The first-order chi connectivity index (χ1) is 11.7. The van der Waals surface area contributed by atoms with Crippen LogP contribution in [0, 0.1) is 0 Å². The molecule has 0 aliphatic rings. The van der Waals surface area contributed by atoms with Crippen LogP contribution in [0.5, 0.6) is 0 Å². The number of rotatable bonds is 9. The minimum absolute atomic E-state index is 0.0334. The molecule has 162 valence electrons. The van der Waals surface area contributed by atoms with E-state index >= 15 is 0 Å². The lowest BCUT2D eigenvalue weighted by Gasteiger charge is -2.39. The van der Waals surface area contributed by atoms with E-state index in [1.807, 2.05) is 0 Å². The van der Waals surface area contributed by atoms with Crippen LogP contribution in [0.4, 0.5) is 57.1 Å². The van der Waals surface area contributed by atoms with Gasteiger partial charge in [0, 0.05) is 12.7 Å². The maximum Gasteiger partial charge on any atom is 0.460 e. The Hall–Kier alpha value is -0.480. The first-order valence-electron chi connectivity index (χ1n) is 6.64. The van der Waals surface area contributed by atoms with E-state index < -0.39 is 58.5 Å². The predicted molar refractivity (Wildman–Crippen MR) is 73.8 cm³/mol. The summed E-state index contributed by atoms with van der Waals surface area (Å²) in [7, 11) is 0. The van der Waals surface area contributed by atoms with Gasteiger partial charge in [-0.25, -0.2) is 0 Å². The van der Waals surface area contributed by atoms with Gasteiger partial charge in [0.1, 0.15) is 0 Å². The fraction of sp³-hybridized carbons (Fsp3) is 0.833. The Morgan fingerprint density at radius 2 is 1.07 bits per heavy atom. The zero-order valence-electron chi connectivity index (χ0n) is 12.6. The van der Waals surface area contributed by atoms with Crippen molar-refractivity contribution >= 4 is 22.6 Å². The standard InChI is InChI=1S/C12H10F13IO/c13-7(14,5-6(26)3-1-2-4-27)8(15,16)9(17,18)10(19,20)11(21,22)12(23,24)25/h5,27H,1-4H2/b6-5+. The van der Waals surface area contributed by atoms with Gasteiger partial charge in [0.25, 0.3) is 0 Å². The highest BCUT2D eigenvalue weighted by Gasteiger charge is 2.90. The molecule has 0 aromatic carbocycles. The Labute approximate surface area is 156 Å². The lowest BCUT2D eigenvalue weighted by molar-refractivity contribution is -0.436. The van der Waals surface area contributed by atoms with E-state index in [-0.39, 0.29) is 12.8 Å². The molecule has 0 heterocycles. The third-order valence-electron chi connectivity index (χ3n) is 3.12. The molecule has 0 spiro atoms. The van der Waals surface area contributed by atoms with Crippen LogP contribution in [0.2, 0.25) is 0 Å². The van der Waals surface area contributed by atoms with Crippen molar-refractivity contribution in [1.82, 2.24) is 0 Å². The largest absolute Gasteiger partial charge is 0.460 e. The normalized spacial score (nSPS) is 16.0. The molecule has 0 atom stereocenters. The van der Waals surface area contributed by atoms with E-state index in [1.54, 1.807) is 0 Å². The van der Waals surface area contributed by atoms with Gasteiger partial charge < -0.3 is 5.11 Å². The molecule has 15 heteroatoms. The lowest BCUT2D eigenvalue weighted by atomic mass is 9.93. The second kappa shape index (κ2) is 8.10. The number of unbranched alkanes of at least 4 members (excludes halogenated alkanes) is 1. The van der Waals surface area contributed by atoms with E-state index in [4.69, 9.17) is 5.11 Å². The van der Waals surface area contributed by atoms with Gasteiger partial charge in [-0.3, -0.25) is 0 Å². The third-order valence-corrected chi connectivity index (χ3v) is 3.97. The van der Waals surface area contributed by atoms with E-state index in [9.17, 15) is 57.1 Å². The molecular formula is C12H10F13IO. The summed E-state index contributed by atoms with van der Waals surface area (Å²) in [6, 6.07) is 0. The van der Waals surface area contributed by atoms with E-state index in [2.05, 4.69) is 0 Å². The summed E-state index contributed by atoms with van der Waals surface area (Å²) in [5, 5.41) is 8.44. The summed E-state index contributed by atoms with van der Waals surface area (Å²) in [6.07, 6.45) is -9.01. The zero-order chi connectivity index (χ0) is 22.1. The summed E-state index contributed by atoms with van der Waals surface area (Å²) >= 11 is 0.930. The summed E-state index contributed by atoms with van der Waals surface area (Å²) in [6.45, 7) is -0.451. The zero-order valence-corrected chi connectivity index (χ0v) is 14.8. The molecule has 0 aromatic heterocycles. The SMILES string of the molecule is OCCCC/C(I)=C\C(F)(F)C(F)(F)C(F)(F)C(F)(F)C(F)(F)C(F)(F)F. The van der Waals surface area contributed by atoms with Crippen LogP contribution in [0.15, 0.2) is 9.66 Å². The second-order valence-corrected chi connectivity index (χ2v) is 6.58. The molecule has 0 aliphatic heterocycles. The van der Waals surface area contributed by atoms with Gasteiger partial charge >= 0.3 is 35.8 Å². The summed E-state index contributed by atoms with van der Waals surface area (Å²) in [5.41, 5.74) is 0. The quantitative estimate of drug-likeness (QED) is 0.208. The molecule has 0 rings (SSSR count). The minimum atomic E-state index is -7.89. The maximum absolute atomic E-state index is 13.5. The second-order valence-electron chi connectivity index (χ2n) is 5.19. The summed E-state index contributed by atoms with van der Waals surface area (Å²) in [4.78, 5) is 0. The maximum atomic E-state index is 13.5. The molecule has 27 heavy (non-hydrogen) atoms. The lowest BCUT2D eigenvalue weighted by Crippen LogP contribution is -2.69. The Morgan fingerprint density at radius 1 is 0.667 bits per heavy atom. The number of aliphatic hydroxyl groups is 1. The van der Waals surface area contributed by atoms with Crippen molar-refractivity contribution in [3.05, 3.63) is 9.66 Å². The molecule has 0 fully saturated rings. The Balaban J connectivity index is 6.05. The average molecular weight is 544 g/mol. The fourth-order valence-electron chi connectivity index (χ4n) is 1.55. The third kappa shape index (κ3) is 4.75. The van der Waals surface area contributed by atoms with Gasteiger partial charge in [-0.05, 0) is 45.4 Å². The van der Waals surface area contributed by atoms with Crippen LogP contribution >= 0.6 is 22.6 Å². The summed E-state index contributed by atoms with van der Waals surface area (Å²) in [5.74, 6) is -36.9. The van der Waals surface area contributed by atoms with E-state index in [1.165, 1.54) is 0 Å². The van der Waals surface area contributed by atoms with Crippen molar-refractivity contribution in [2.45, 2.75) is 55.1 Å². The number of allylic oxidation sites excluding steroid dienone is 2. The topological polar surface area (TPSA) is 20.2 Å². The van der Waals surface area contributed by atoms with Crippen molar-refractivity contribution in [3.63, 3.8) is 0 Å². The molecule has 0 unspecified atom stereocenters. The molecule has 0 saturated carbocycles. The van der Waals surface area contributed by atoms with Crippen LogP contribution < -0.4 is 0 Å². The fourth-order valence-corrected chi connectivity index (χ4v) is 2.32. The van der Waals surface area contributed by atoms with Gasteiger partial charge in [-0.1, -0.05) is 0 Å². The molecule has 0 bridgehead atoms. The summed E-state index contributed by atoms with van der Waals surface area (Å²) < 4.78 is 166. The van der Waals surface area contributed by atoms with Gasteiger partial charge in [-0.15, -0.1) is 0 Å². The molecule has 0 radical (unpaired) electrons. The van der Waals surface area contributed by atoms with Gasteiger partial charge in [0.05, 0.1) is 0 Å². The Morgan fingerprint density at radius 3 is 1.44 bits per heavy atom. The highest BCUT2D eigenvalue weighted by atomic mass is 127. The van der Waals surface area contributed by atoms with Crippen LogP contribution in [0.3, 0.4) is 0 Å². The van der Waals surface area contributed by atoms with E-state index in [0.717, 1.165) is 22.6 Å². The van der Waals surface area contributed by atoms with Gasteiger partial charge in [-0.2, -0.15) is 57.1 Å². The average Bonchev–Trinajstić information content (AvgIpc) is 2.44. The van der Waals surface area contributed by atoms with Crippen LogP contribution in [0.25, 0.3) is 0 Å². The number of hydrogen-bond acceptors (Lipinski definition) is 1. The van der Waals surface area contributed by atoms with Crippen molar-refractivity contribution in [1.29, 1.82) is 0 Å². The van der Waals surface area contributed by atoms with Gasteiger partial charge in [0.15, 0.2) is 0 Å².